The number of halogens is 2. The number of benzene rings is 1. The van der Waals surface area contributed by atoms with E-state index in [-0.39, 0.29) is 11.6 Å². The second-order valence-corrected chi connectivity index (χ2v) is 8.90. The number of hydrogen-bond donors (Lipinski definition) is 1. The number of nitrogens with one attached hydrogen (secondary N) is 1. The third-order valence-electron chi connectivity index (χ3n) is 5.55. The Morgan fingerprint density at radius 2 is 1.97 bits per heavy atom. The van der Waals surface area contributed by atoms with Gasteiger partial charge >= 0.3 is 0 Å². The van der Waals surface area contributed by atoms with Gasteiger partial charge in [-0.05, 0) is 29.3 Å². The van der Waals surface area contributed by atoms with Gasteiger partial charge in [0.05, 0.1) is 29.8 Å². The number of morpholine rings is 1. The van der Waals surface area contributed by atoms with E-state index in [1.807, 2.05) is 24.3 Å². The Morgan fingerprint density at radius 3 is 2.74 bits per heavy atom. The highest BCUT2D eigenvalue weighted by molar-refractivity contribution is 6.42. The highest BCUT2D eigenvalue weighted by Crippen LogP contribution is 2.23. The van der Waals surface area contributed by atoms with Crippen molar-refractivity contribution in [1.82, 2.24) is 25.1 Å². The van der Waals surface area contributed by atoms with Crippen molar-refractivity contribution in [3.05, 3.63) is 81.7 Å². The Kier molecular flexibility index (Phi) is 8.90. The SMILES string of the molecule is O=C(NCc1cccnc1)c1coc(CN(CCN2CCOCC2)Cc2ccc(Cl)c(Cl)c2)n1. The average Bonchev–Trinajstić information content (AvgIpc) is 3.33. The molecule has 0 aliphatic carbocycles. The van der Waals surface area contributed by atoms with Crippen LogP contribution in [0.3, 0.4) is 0 Å². The molecule has 1 amide bonds. The number of pyridine rings is 1. The Labute approximate surface area is 208 Å². The zero-order valence-electron chi connectivity index (χ0n) is 18.8. The van der Waals surface area contributed by atoms with Gasteiger partial charge in [-0.25, -0.2) is 4.98 Å². The lowest BCUT2D eigenvalue weighted by molar-refractivity contribution is 0.0320. The topological polar surface area (TPSA) is 83.7 Å². The minimum absolute atomic E-state index is 0.251. The molecule has 0 atom stereocenters. The average molecular weight is 504 g/mol. The largest absolute Gasteiger partial charge is 0.447 e. The van der Waals surface area contributed by atoms with Crippen molar-refractivity contribution < 1.29 is 13.9 Å². The van der Waals surface area contributed by atoms with E-state index in [0.717, 1.165) is 50.5 Å². The molecule has 0 radical (unpaired) electrons. The predicted octanol–water partition coefficient (Wildman–Crippen LogP) is 3.64. The number of rotatable bonds is 10. The fourth-order valence-electron chi connectivity index (χ4n) is 3.67. The van der Waals surface area contributed by atoms with Gasteiger partial charge in [-0.15, -0.1) is 0 Å². The lowest BCUT2D eigenvalue weighted by Crippen LogP contribution is -2.41. The lowest BCUT2D eigenvalue weighted by Gasteiger charge is -2.29. The number of oxazole rings is 1. The summed E-state index contributed by atoms with van der Waals surface area (Å²) in [6.07, 6.45) is 4.80. The van der Waals surface area contributed by atoms with Gasteiger partial charge in [-0.2, -0.15) is 0 Å². The molecule has 1 aliphatic rings. The summed E-state index contributed by atoms with van der Waals surface area (Å²) in [6, 6.07) is 9.36. The van der Waals surface area contributed by atoms with Crippen molar-refractivity contribution in [2.24, 2.45) is 0 Å². The predicted molar refractivity (Wildman–Crippen MR) is 130 cm³/mol. The smallest absolute Gasteiger partial charge is 0.273 e. The van der Waals surface area contributed by atoms with Crippen LogP contribution in [0.15, 0.2) is 53.4 Å². The molecule has 4 rings (SSSR count). The van der Waals surface area contributed by atoms with E-state index >= 15 is 0 Å². The van der Waals surface area contributed by atoms with Crippen molar-refractivity contribution in [1.29, 1.82) is 0 Å². The first kappa shape index (κ1) is 24.6. The van der Waals surface area contributed by atoms with Gasteiger partial charge in [0.1, 0.15) is 6.26 Å². The van der Waals surface area contributed by atoms with Crippen LogP contribution < -0.4 is 5.32 Å². The van der Waals surface area contributed by atoms with Crippen molar-refractivity contribution >= 4 is 29.1 Å². The molecule has 0 bridgehead atoms. The van der Waals surface area contributed by atoms with Gasteiger partial charge < -0.3 is 14.5 Å². The summed E-state index contributed by atoms with van der Waals surface area (Å²) in [5.41, 5.74) is 2.20. The summed E-state index contributed by atoms with van der Waals surface area (Å²) in [4.78, 5) is 25.6. The normalized spacial score (nSPS) is 14.4. The highest BCUT2D eigenvalue weighted by Gasteiger charge is 2.18. The molecule has 0 unspecified atom stereocenters. The van der Waals surface area contributed by atoms with Crippen LogP contribution in [0, 0.1) is 0 Å². The van der Waals surface area contributed by atoms with Crippen molar-refractivity contribution in [3.63, 3.8) is 0 Å². The number of amides is 1. The zero-order valence-corrected chi connectivity index (χ0v) is 20.3. The maximum Gasteiger partial charge on any atom is 0.273 e. The van der Waals surface area contributed by atoms with Gasteiger partial charge in [-0.3, -0.25) is 19.6 Å². The third kappa shape index (κ3) is 7.25. The van der Waals surface area contributed by atoms with Crippen LogP contribution in [0.4, 0.5) is 0 Å². The summed E-state index contributed by atoms with van der Waals surface area (Å²) >= 11 is 12.3. The molecule has 0 saturated carbocycles. The van der Waals surface area contributed by atoms with Gasteiger partial charge in [0.2, 0.25) is 5.89 Å². The summed E-state index contributed by atoms with van der Waals surface area (Å²) in [6.45, 7) is 6.51. The minimum atomic E-state index is -0.289. The number of hydrogen-bond acceptors (Lipinski definition) is 7. The first-order chi connectivity index (χ1) is 16.6. The van der Waals surface area contributed by atoms with Crippen LogP contribution in [-0.4, -0.2) is 65.1 Å². The highest BCUT2D eigenvalue weighted by atomic mass is 35.5. The fraction of sp³-hybridized carbons (Fsp3) is 0.375. The molecule has 1 saturated heterocycles. The van der Waals surface area contributed by atoms with E-state index in [1.54, 1.807) is 18.5 Å². The Hall–Kier alpha value is -2.49. The zero-order chi connectivity index (χ0) is 23.8. The molecule has 10 heteroatoms. The van der Waals surface area contributed by atoms with E-state index in [1.165, 1.54) is 6.26 Å². The molecule has 1 fully saturated rings. The Balaban J connectivity index is 1.38. The minimum Gasteiger partial charge on any atom is -0.447 e. The van der Waals surface area contributed by atoms with Gasteiger partial charge in [0.25, 0.3) is 5.91 Å². The summed E-state index contributed by atoms with van der Waals surface area (Å²) < 4.78 is 11.1. The maximum atomic E-state index is 12.5. The number of aromatic nitrogens is 2. The van der Waals surface area contributed by atoms with Crippen LogP contribution in [-0.2, 0) is 24.4 Å². The second-order valence-electron chi connectivity index (χ2n) is 8.08. The lowest BCUT2D eigenvalue weighted by atomic mass is 10.2. The van der Waals surface area contributed by atoms with Crippen LogP contribution in [0.5, 0.6) is 0 Å². The molecule has 8 nitrogen and oxygen atoms in total. The molecule has 1 N–H and O–H groups in total. The molecular formula is C24H27Cl2N5O3. The Morgan fingerprint density at radius 1 is 1.12 bits per heavy atom. The van der Waals surface area contributed by atoms with Crippen LogP contribution in [0.2, 0.25) is 10.0 Å². The summed E-state index contributed by atoms with van der Waals surface area (Å²) in [7, 11) is 0. The first-order valence-corrected chi connectivity index (χ1v) is 11.9. The van der Waals surface area contributed by atoms with Crippen molar-refractivity contribution in [3.8, 4) is 0 Å². The van der Waals surface area contributed by atoms with Gasteiger partial charge in [-0.1, -0.05) is 35.3 Å². The second kappa shape index (κ2) is 12.3. The van der Waals surface area contributed by atoms with E-state index in [4.69, 9.17) is 32.4 Å². The van der Waals surface area contributed by atoms with E-state index in [2.05, 4.69) is 25.1 Å². The molecule has 2 aromatic heterocycles. The monoisotopic (exact) mass is 503 g/mol. The van der Waals surface area contributed by atoms with Crippen molar-refractivity contribution in [2.75, 3.05) is 39.4 Å². The molecular weight excluding hydrogens is 477 g/mol. The number of nitrogens with zero attached hydrogens (tertiary/aromatic N) is 4. The molecule has 1 aromatic carbocycles. The fourth-order valence-corrected chi connectivity index (χ4v) is 3.99. The molecule has 3 aromatic rings. The quantitative estimate of drug-likeness (QED) is 0.452. The molecule has 34 heavy (non-hydrogen) atoms. The standard InChI is InChI=1S/C24H27Cl2N5O3/c25-20-4-3-18(12-21(20)26)15-31(7-6-30-8-10-33-11-9-30)16-23-29-22(17-34-23)24(32)28-14-19-2-1-5-27-13-19/h1-5,12-13,17H,6-11,14-16H2,(H,28,32). The van der Waals surface area contributed by atoms with Gasteiger partial charge in [0.15, 0.2) is 5.69 Å². The maximum absolute atomic E-state index is 12.5. The van der Waals surface area contributed by atoms with E-state index < -0.39 is 0 Å². The molecule has 1 aliphatic heterocycles. The van der Waals surface area contributed by atoms with E-state index in [9.17, 15) is 4.79 Å². The number of carbonyl (C=O) groups is 1. The Bertz CT molecular complexity index is 1070. The summed E-state index contributed by atoms with van der Waals surface area (Å²) in [5, 5.41) is 3.89. The van der Waals surface area contributed by atoms with Crippen LogP contribution >= 0.6 is 23.2 Å². The first-order valence-electron chi connectivity index (χ1n) is 11.1. The van der Waals surface area contributed by atoms with Crippen LogP contribution in [0.1, 0.15) is 27.5 Å². The number of ether oxygens (including phenoxy) is 1. The van der Waals surface area contributed by atoms with Gasteiger partial charge in [0, 0.05) is 51.7 Å². The molecule has 180 valence electrons. The van der Waals surface area contributed by atoms with E-state index in [0.29, 0.717) is 35.6 Å². The van der Waals surface area contributed by atoms with Crippen molar-refractivity contribution in [2.45, 2.75) is 19.6 Å². The third-order valence-corrected chi connectivity index (χ3v) is 6.28. The summed E-state index contributed by atoms with van der Waals surface area (Å²) in [5.74, 6) is 0.191. The van der Waals surface area contributed by atoms with Crippen LogP contribution in [0.25, 0.3) is 0 Å². The molecule has 3 heterocycles. The number of carbonyl (C=O) groups excluding carboxylic acids is 1. The molecule has 0 spiro atoms.